The zero-order valence-corrected chi connectivity index (χ0v) is 12.4. The fourth-order valence-electron chi connectivity index (χ4n) is 2.18. The van der Waals surface area contributed by atoms with Gasteiger partial charge in [-0.1, -0.05) is 0 Å². The molecule has 22 heavy (non-hydrogen) atoms. The van der Waals surface area contributed by atoms with Crippen LogP contribution in [0, 0.1) is 0 Å². The van der Waals surface area contributed by atoms with E-state index in [9.17, 15) is 0 Å². The van der Waals surface area contributed by atoms with Crippen LogP contribution < -0.4 is 15.2 Å². The minimum absolute atomic E-state index is 0.604. The summed E-state index contributed by atoms with van der Waals surface area (Å²) in [6.07, 6.45) is 1.55. The van der Waals surface area contributed by atoms with Crippen molar-refractivity contribution in [3.63, 3.8) is 0 Å². The van der Waals surface area contributed by atoms with Crippen molar-refractivity contribution in [3.05, 3.63) is 48.4 Å². The van der Waals surface area contributed by atoms with Gasteiger partial charge in [-0.3, -0.25) is 0 Å². The van der Waals surface area contributed by atoms with Gasteiger partial charge in [0.2, 0.25) is 0 Å². The number of hydrogen-bond acceptors (Lipinski definition) is 5. The van der Waals surface area contributed by atoms with Gasteiger partial charge in [0.25, 0.3) is 0 Å². The summed E-state index contributed by atoms with van der Waals surface area (Å²) in [6, 6.07) is 13.0. The first-order valence-corrected chi connectivity index (χ1v) is 7.16. The Hall–Kier alpha value is -2.69. The highest BCUT2D eigenvalue weighted by atomic mass is 16.5. The molecule has 0 unspecified atom stereocenters. The summed E-state index contributed by atoms with van der Waals surface area (Å²) in [5, 5.41) is 0. The normalized spacial score (nSPS) is 10.8. The van der Waals surface area contributed by atoms with E-state index < -0.39 is 0 Å². The summed E-state index contributed by atoms with van der Waals surface area (Å²) in [7, 11) is 1.64. The van der Waals surface area contributed by atoms with Gasteiger partial charge in [0, 0.05) is 18.2 Å². The smallest absolute Gasteiger partial charge is 0.195 e. The minimum Gasteiger partial charge on any atom is -0.497 e. The second-order valence-electron chi connectivity index (χ2n) is 4.96. The number of benzene rings is 2. The van der Waals surface area contributed by atoms with Crippen molar-refractivity contribution in [1.82, 2.24) is 4.98 Å². The van der Waals surface area contributed by atoms with Crippen LogP contribution in [-0.2, 0) is 6.42 Å². The van der Waals surface area contributed by atoms with Gasteiger partial charge in [-0.25, -0.2) is 4.98 Å². The quantitative estimate of drug-likeness (QED) is 0.557. The Morgan fingerprint density at radius 2 is 1.86 bits per heavy atom. The molecule has 1 heterocycles. The molecule has 3 aromatic rings. The van der Waals surface area contributed by atoms with Crippen molar-refractivity contribution in [2.75, 3.05) is 19.5 Å². The Bertz CT molecular complexity index is 750. The number of aromatic nitrogens is 1. The van der Waals surface area contributed by atoms with Crippen LogP contribution in [0.25, 0.3) is 11.1 Å². The third kappa shape index (κ3) is 3.31. The predicted octanol–water partition coefficient (Wildman–Crippen LogP) is 3.43. The van der Waals surface area contributed by atoms with E-state index in [0.717, 1.165) is 35.4 Å². The second kappa shape index (κ2) is 6.39. The molecule has 2 aromatic carbocycles. The predicted molar refractivity (Wildman–Crippen MR) is 85.2 cm³/mol. The van der Waals surface area contributed by atoms with Crippen LogP contribution in [0.5, 0.6) is 11.5 Å². The Morgan fingerprint density at radius 1 is 1.09 bits per heavy atom. The molecule has 0 atom stereocenters. The summed E-state index contributed by atoms with van der Waals surface area (Å²) >= 11 is 0. The first-order valence-electron chi connectivity index (χ1n) is 7.16. The van der Waals surface area contributed by atoms with Crippen molar-refractivity contribution in [2.45, 2.75) is 12.8 Å². The standard InChI is InChI=1S/C17H18N2O3/c1-20-13-5-7-14(8-6-13)21-10-2-3-17-19-15-9-4-12(18)11-16(15)22-17/h4-9,11H,2-3,10,18H2,1H3. The number of hydrogen-bond donors (Lipinski definition) is 1. The Kier molecular flexibility index (Phi) is 4.14. The maximum absolute atomic E-state index is 5.72. The number of oxazole rings is 1. The third-order valence-electron chi connectivity index (χ3n) is 3.32. The zero-order chi connectivity index (χ0) is 15.4. The van der Waals surface area contributed by atoms with Crippen LogP contribution in [0.4, 0.5) is 5.69 Å². The van der Waals surface area contributed by atoms with Crippen LogP contribution in [0.1, 0.15) is 12.3 Å². The third-order valence-corrected chi connectivity index (χ3v) is 3.32. The van der Waals surface area contributed by atoms with Crippen LogP contribution in [0.15, 0.2) is 46.9 Å². The molecule has 114 valence electrons. The molecule has 2 N–H and O–H groups in total. The molecule has 0 saturated carbocycles. The van der Waals surface area contributed by atoms with E-state index in [0.29, 0.717) is 18.2 Å². The highest BCUT2D eigenvalue weighted by Crippen LogP contribution is 2.20. The molecule has 0 bridgehead atoms. The van der Waals surface area contributed by atoms with Gasteiger partial charge >= 0.3 is 0 Å². The van der Waals surface area contributed by atoms with E-state index in [-0.39, 0.29) is 0 Å². The lowest BCUT2D eigenvalue weighted by molar-refractivity contribution is 0.305. The molecule has 5 heteroatoms. The van der Waals surface area contributed by atoms with Gasteiger partial charge in [-0.15, -0.1) is 0 Å². The maximum atomic E-state index is 5.72. The molecule has 5 nitrogen and oxygen atoms in total. The molecular weight excluding hydrogens is 280 g/mol. The summed E-state index contributed by atoms with van der Waals surface area (Å²) in [5.41, 5.74) is 7.96. The Morgan fingerprint density at radius 3 is 2.64 bits per heavy atom. The molecule has 0 saturated heterocycles. The van der Waals surface area contributed by atoms with Gasteiger partial charge in [0.1, 0.15) is 17.0 Å². The number of rotatable bonds is 6. The Labute approximate surface area is 128 Å². The van der Waals surface area contributed by atoms with Crippen molar-refractivity contribution in [1.29, 1.82) is 0 Å². The minimum atomic E-state index is 0.604. The summed E-state index contributed by atoms with van der Waals surface area (Å²) in [4.78, 5) is 4.43. The number of anilines is 1. The van der Waals surface area contributed by atoms with Crippen LogP contribution >= 0.6 is 0 Å². The van der Waals surface area contributed by atoms with Gasteiger partial charge in [-0.2, -0.15) is 0 Å². The van der Waals surface area contributed by atoms with E-state index in [2.05, 4.69) is 4.98 Å². The van der Waals surface area contributed by atoms with E-state index in [1.807, 2.05) is 36.4 Å². The first kappa shape index (κ1) is 14.3. The molecule has 0 spiro atoms. The number of methoxy groups -OCH3 is 1. The average Bonchev–Trinajstić information content (AvgIpc) is 2.94. The van der Waals surface area contributed by atoms with Crippen molar-refractivity contribution in [2.24, 2.45) is 0 Å². The monoisotopic (exact) mass is 298 g/mol. The molecular formula is C17H18N2O3. The number of nitrogens with zero attached hydrogens (tertiary/aromatic N) is 1. The number of ether oxygens (including phenoxy) is 2. The summed E-state index contributed by atoms with van der Waals surface area (Å²) in [5.74, 6) is 2.35. The Balaban J connectivity index is 1.51. The molecule has 0 fully saturated rings. The SMILES string of the molecule is COc1ccc(OCCCc2nc3ccc(N)cc3o2)cc1. The van der Waals surface area contributed by atoms with Gasteiger partial charge in [0.05, 0.1) is 13.7 Å². The molecule has 0 amide bonds. The lowest BCUT2D eigenvalue weighted by atomic mass is 10.3. The van der Waals surface area contributed by atoms with Gasteiger partial charge in [0.15, 0.2) is 11.5 Å². The maximum Gasteiger partial charge on any atom is 0.195 e. The van der Waals surface area contributed by atoms with Crippen LogP contribution in [-0.4, -0.2) is 18.7 Å². The fraction of sp³-hybridized carbons (Fsp3) is 0.235. The average molecular weight is 298 g/mol. The van der Waals surface area contributed by atoms with Crippen molar-refractivity contribution < 1.29 is 13.9 Å². The molecule has 0 radical (unpaired) electrons. The molecule has 0 aliphatic carbocycles. The largest absolute Gasteiger partial charge is 0.497 e. The first-order chi connectivity index (χ1) is 10.7. The lowest BCUT2D eigenvalue weighted by Crippen LogP contribution is -1.99. The number of nitrogens with two attached hydrogens (primary N) is 1. The van der Waals surface area contributed by atoms with E-state index in [4.69, 9.17) is 19.6 Å². The molecule has 3 rings (SSSR count). The summed E-state index contributed by atoms with van der Waals surface area (Å²) < 4.78 is 16.4. The highest BCUT2D eigenvalue weighted by molar-refractivity contribution is 5.76. The van der Waals surface area contributed by atoms with Crippen molar-refractivity contribution >= 4 is 16.8 Å². The number of fused-ring (bicyclic) bond motifs is 1. The second-order valence-corrected chi connectivity index (χ2v) is 4.96. The number of nitrogen functional groups attached to an aromatic ring is 1. The topological polar surface area (TPSA) is 70.5 Å². The van der Waals surface area contributed by atoms with Crippen molar-refractivity contribution in [3.8, 4) is 11.5 Å². The highest BCUT2D eigenvalue weighted by Gasteiger charge is 2.06. The fourth-order valence-corrected chi connectivity index (χ4v) is 2.18. The molecule has 0 aliphatic heterocycles. The van der Waals surface area contributed by atoms with E-state index in [1.165, 1.54) is 0 Å². The van der Waals surface area contributed by atoms with E-state index >= 15 is 0 Å². The lowest BCUT2D eigenvalue weighted by Gasteiger charge is -2.06. The summed E-state index contributed by atoms with van der Waals surface area (Å²) in [6.45, 7) is 0.604. The zero-order valence-electron chi connectivity index (χ0n) is 12.4. The molecule has 1 aromatic heterocycles. The van der Waals surface area contributed by atoms with Gasteiger partial charge < -0.3 is 19.6 Å². The van der Waals surface area contributed by atoms with E-state index in [1.54, 1.807) is 13.2 Å². The molecule has 0 aliphatic rings. The van der Waals surface area contributed by atoms with Crippen LogP contribution in [0.2, 0.25) is 0 Å². The van der Waals surface area contributed by atoms with Gasteiger partial charge in [-0.05, 0) is 42.8 Å². The van der Waals surface area contributed by atoms with Crippen LogP contribution in [0.3, 0.4) is 0 Å². The number of aryl methyl sites for hydroxylation is 1.